The van der Waals surface area contributed by atoms with E-state index in [1.807, 2.05) is 0 Å². The van der Waals surface area contributed by atoms with Crippen LogP contribution < -0.4 is 5.32 Å². The first-order valence-corrected chi connectivity index (χ1v) is 7.32. The Kier molecular flexibility index (Phi) is 5.23. The lowest BCUT2D eigenvalue weighted by molar-refractivity contribution is 0.120. The highest BCUT2D eigenvalue weighted by molar-refractivity contribution is 5.56. The van der Waals surface area contributed by atoms with Crippen LogP contribution in [0.2, 0.25) is 0 Å². The zero-order chi connectivity index (χ0) is 13.7. The first kappa shape index (κ1) is 14.4. The Labute approximate surface area is 116 Å². The molecule has 2 unspecified atom stereocenters. The van der Waals surface area contributed by atoms with Crippen molar-refractivity contribution in [2.75, 3.05) is 32.1 Å². The van der Waals surface area contributed by atoms with Gasteiger partial charge in [-0.3, -0.25) is 4.90 Å². The molecular weight excluding hydrogens is 236 g/mol. The largest absolute Gasteiger partial charge is 0.383 e. The van der Waals surface area contributed by atoms with Crippen molar-refractivity contribution < 1.29 is 4.74 Å². The number of ether oxygens (including phenoxy) is 1. The van der Waals surface area contributed by atoms with Crippen LogP contribution in [0.1, 0.15) is 25.8 Å². The van der Waals surface area contributed by atoms with E-state index in [0.717, 1.165) is 26.1 Å². The minimum atomic E-state index is 0.531. The predicted octanol–water partition coefficient (Wildman–Crippen LogP) is 2.77. The molecule has 1 aliphatic heterocycles. The van der Waals surface area contributed by atoms with Crippen molar-refractivity contribution in [3.05, 3.63) is 29.8 Å². The highest BCUT2D eigenvalue weighted by Crippen LogP contribution is 2.25. The summed E-state index contributed by atoms with van der Waals surface area (Å²) in [5.74, 6) is 0. The molecular formula is C16H26N2O. The van der Waals surface area contributed by atoms with E-state index >= 15 is 0 Å². The van der Waals surface area contributed by atoms with Crippen LogP contribution in [0.5, 0.6) is 0 Å². The van der Waals surface area contributed by atoms with Gasteiger partial charge < -0.3 is 10.1 Å². The van der Waals surface area contributed by atoms with E-state index in [1.54, 1.807) is 7.11 Å². The van der Waals surface area contributed by atoms with E-state index < -0.39 is 0 Å². The molecule has 2 atom stereocenters. The fourth-order valence-electron chi connectivity index (χ4n) is 2.73. The third-order valence-electron chi connectivity index (χ3n) is 4.09. The summed E-state index contributed by atoms with van der Waals surface area (Å²) in [4.78, 5) is 2.53. The Morgan fingerprint density at radius 2 is 2.21 bits per heavy atom. The van der Waals surface area contributed by atoms with Crippen LogP contribution in [0.3, 0.4) is 0 Å². The van der Waals surface area contributed by atoms with Crippen molar-refractivity contribution >= 4 is 5.69 Å². The van der Waals surface area contributed by atoms with E-state index in [-0.39, 0.29) is 0 Å². The van der Waals surface area contributed by atoms with Crippen LogP contribution in [-0.4, -0.2) is 43.8 Å². The molecule has 1 N–H and O–H groups in total. The molecule has 0 bridgehead atoms. The molecule has 106 valence electrons. The van der Waals surface area contributed by atoms with Gasteiger partial charge in [0, 0.05) is 38.0 Å². The van der Waals surface area contributed by atoms with Crippen LogP contribution in [0.15, 0.2) is 24.3 Å². The van der Waals surface area contributed by atoms with E-state index in [9.17, 15) is 0 Å². The third kappa shape index (κ3) is 3.71. The average molecular weight is 262 g/mol. The summed E-state index contributed by atoms with van der Waals surface area (Å²) in [6, 6.07) is 9.78. The molecule has 0 spiro atoms. The van der Waals surface area contributed by atoms with Gasteiger partial charge in [-0.05, 0) is 31.4 Å². The van der Waals surface area contributed by atoms with Crippen molar-refractivity contribution in [3.8, 4) is 0 Å². The SMILES string of the molecule is CCC(C)N(CCOC)CC1Cc2ccccc2N1. The number of hydrogen-bond acceptors (Lipinski definition) is 3. The molecule has 0 aromatic heterocycles. The Bertz CT molecular complexity index is 369. The van der Waals surface area contributed by atoms with Gasteiger partial charge in [0.15, 0.2) is 0 Å². The molecule has 1 heterocycles. The summed E-state index contributed by atoms with van der Waals surface area (Å²) < 4.78 is 5.23. The molecule has 19 heavy (non-hydrogen) atoms. The second kappa shape index (κ2) is 6.92. The van der Waals surface area contributed by atoms with Crippen molar-refractivity contribution in [2.24, 2.45) is 0 Å². The van der Waals surface area contributed by atoms with Gasteiger partial charge in [0.25, 0.3) is 0 Å². The maximum atomic E-state index is 5.23. The molecule has 0 aliphatic carbocycles. The summed E-state index contributed by atoms with van der Waals surface area (Å²) in [6.07, 6.45) is 2.32. The molecule has 0 saturated carbocycles. The topological polar surface area (TPSA) is 24.5 Å². The number of fused-ring (bicyclic) bond motifs is 1. The first-order chi connectivity index (χ1) is 9.24. The van der Waals surface area contributed by atoms with Gasteiger partial charge in [-0.25, -0.2) is 0 Å². The summed E-state index contributed by atoms with van der Waals surface area (Å²) >= 11 is 0. The molecule has 3 nitrogen and oxygen atoms in total. The van der Waals surface area contributed by atoms with E-state index in [0.29, 0.717) is 12.1 Å². The number of methoxy groups -OCH3 is 1. The van der Waals surface area contributed by atoms with Crippen LogP contribution in [0.4, 0.5) is 5.69 Å². The fraction of sp³-hybridized carbons (Fsp3) is 0.625. The highest BCUT2D eigenvalue weighted by Gasteiger charge is 2.23. The first-order valence-electron chi connectivity index (χ1n) is 7.32. The highest BCUT2D eigenvalue weighted by atomic mass is 16.5. The normalized spacial score (nSPS) is 19.3. The third-order valence-corrected chi connectivity index (χ3v) is 4.09. The lowest BCUT2D eigenvalue weighted by atomic mass is 10.1. The molecule has 0 amide bonds. The fourth-order valence-corrected chi connectivity index (χ4v) is 2.73. The number of para-hydroxylation sites is 1. The Morgan fingerprint density at radius 3 is 2.89 bits per heavy atom. The second-order valence-electron chi connectivity index (χ2n) is 5.45. The molecule has 1 aromatic rings. The smallest absolute Gasteiger partial charge is 0.0589 e. The Morgan fingerprint density at radius 1 is 1.42 bits per heavy atom. The minimum absolute atomic E-state index is 0.531. The second-order valence-corrected chi connectivity index (χ2v) is 5.45. The molecule has 0 radical (unpaired) electrons. The Hall–Kier alpha value is -1.06. The summed E-state index contributed by atoms with van der Waals surface area (Å²) in [7, 11) is 1.78. The lowest BCUT2D eigenvalue weighted by Crippen LogP contribution is -2.42. The molecule has 1 aliphatic rings. The molecule has 0 saturated heterocycles. The molecule has 1 aromatic carbocycles. The van der Waals surface area contributed by atoms with Crippen molar-refractivity contribution in [2.45, 2.75) is 38.8 Å². The summed E-state index contributed by atoms with van der Waals surface area (Å²) in [6.45, 7) is 7.47. The molecule has 2 rings (SSSR count). The summed E-state index contributed by atoms with van der Waals surface area (Å²) in [5.41, 5.74) is 2.76. The Balaban J connectivity index is 1.92. The van der Waals surface area contributed by atoms with Gasteiger partial charge in [-0.2, -0.15) is 0 Å². The van der Waals surface area contributed by atoms with E-state index in [2.05, 4.69) is 48.3 Å². The standard InChI is InChI=1S/C16H26N2O/c1-4-13(2)18(9-10-19-3)12-15-11-14-7-5-6-8-16(14)17-15/h5-8,13,15,17H,4,9-12H2,1-3H3. The maximum Gasteiger partial charge on any atom is 0.0589 e. The molecule has 0 fully saturated rings. The van der Waals surface area contributed by atoms with Gasteiger partial charge in [0.05, 0.1) is 6.61 Å². The summed E-state index contributed by atoms with van der Waals surface area (Å²) in [5, 5.41) is 3.64. The predicted molar refractivity (Wildman–Crippen MR) is 80.8 cm³/mol. The quantitative estimate of drug-likeness (QED) is 0.818. The molecule has 3 heteroatoms. The van der Waals surface area contributed by atoms with E-state index in [1.165, 1.54) is 17.7 Å². The van der Waals surface area contributed by atoms with Crippen molar-refractivity contribution in [1.82, 2.24) is 4.90 Å². The van der Waals surface area contributed by atoms with Gasteiger partial charge in [-0.15, -0.1) is 0 Å². The minimum Gasteiger partial charge on any atom is -0.383 e. The van der Waals surface area contributed by atoms with Gasteiger partial charge >= 0.3 is 0 Å². The van der Waals surface area contributed by atoms with Gasteiger partial charge in [0.2, 0.25) is 0 Å². The zero-order valence-corrected chi connectivity index (χ0v) is 12.4. The number of anilines is 1. The van der Waals surface area contributed by atoms with Crippen LogP contribution in [0.25, 0.3) is 0 Å². The number of rotatable bonds is 7. The van der Waals surface area contributed by atoms with Crippen LogP contribution >= 0.6 is 0 Å². The van der Waals surface area contributed by atoms with Gasteiger partial charge in [0.1, 0.15) is 0 Å². The van der Waals surface area contributed by atoms with Gasteiger partial charge in [-0.1, -0.05) is 25.1 Å². The van der Waals surface area contributed by atoms with Crippen molar-refractivity contribution in [1.29, 1.82) is 0 Å². The monoisotopic (exact) mass is 262 g/mol. The maximum absolute atomic E-state index is 5.23. The van der Waals surface area contributed by atoms with E-state index in [4.69, 9.17) is 4.74 Å². The van der Waals surface area contributed by atoms with Crippen molar-refractivity contribution in [3.63, 3.8) is 0 Å². The number of nitrogens with one attached hydrogen (secondary N) is 1. The average Bonchev–Trinajstić information content (AvgIpc) is 2.84. The zero-order valence-electron chi connectivity index (χ0n) is 12.4. The number of nitrogens with zero attached hydrogens (tertiary/aromatic N) is 1. The number of benzene rings is 1. The van der Waals surface area contributed by atoms with Crippen LogP contribution in [0, 0.1) is 0 Å². The van der Waals surface area contributed by atoms with Crippen LogP contribution in [-0.2, 0) is 11.2 Å². The lowest BCUT2D eigenvalue weighted by Gasteiger charge is -2.30. The number of hydrogen-bond donors (Lipinski definition) is 1.